The van der Waals surface area contributed by atoms with Gasteiger partial charge in [0.15, 0.2) is 0 Å². The lowest BCUT2D eigenvalue weighted by Gasteiger charge is -2.36. The average molecular weight is 242 g/mol. The van der Waals surface area contributed by atoms with Crippen LogP contribution in [0.4, 0.5) is 0 Å². The van der Waals surface area contributed by atoms with Crippen LogP contribution >= 0.6 is 0 Å². The Balaban J connectivity index is 2.44. The summed E-state index contributed by atoms with van der Waals surface area (Å²) >= 11 is 0. The molecule has 0 bridgehead atoms. The molecule has 0 radical (unpaired) electrons. The van der Waals surface area contributed by atoms with E-state index >= 15 is 0 Å². The molecular weight excluding hydrogens is 212 g/mol. The number of likely N-dealkylation sites (N-methyl/N-ethyl adjacent to an activating group) is 1. The average Bonchev–Trinajstić information content (AvgIpc) is 2.64. The first-order valence-electron chi connectivity index (χ1n) is 7.04. The second-order valence-corrected chi connectivity index (χ2v) is 6.37. The summed E-state index contributed by atoms with van der Waals surface area (Å²) in [5.41, 5.74) is 5.65. The molecule has 0 spiro atoms. The maximum atomic E-state index is 10.4. The summed E-state index contributed by atoms with van der Waals surface area (Å²) < 4.78 is 0. The zero-order valence-corrected chi connectivity index (χ0v) is 11.8. The Labute approximate surface area is 106 Å². The van der Waals surface area contributed by atoms with E-state index in [0.29, 0.717) is 0 Å². The zero-order chi connectivity index (χ0) is 12.9. The van der Waals surface area contributed by atoms with Crippen molar-refractivity contribution in [3.8, 4) is 0 Å². The Morgan fingerprint density at radius 1 is 1.35 bits per heavy atom. The first kappa shape index (κ1) is 14.9. The molecule has 1 fully saturated rings. The molecule has 1 unspecified atom stereocenters. The highest BCUT2D eigenvalue weighted by molar-refractivity contribution is 4.88. The van der Waals surface area contributed by atoms with Gasteiger partial charge in [0, 0.05) is 13.1 Å². The highest BCUT2D eigenvalue weighted by atomic mass is 16.3. The molecule has 1 atom stereocenters. The molecule has 3 heteroatoms. The maximum absolute atomic E-state index is 10.4. The van der Waals surface area contributed by atoms with Gasteiger partial charge in [0.2, 0.25) is 0 Å². The SMILES string of the molecule is CCCC(C)(CN)CN(C)CC1(O)CCCC1. The van der Waals surface area contributed by atoms with E-state index < -0.39 is 5.60 Å². The van der Waals surface area contributed by atoms with Crippen molar-refractivity contribution < 1.29 is 5.11 Å². The smallest absolute Gasteiger partial charge is 0.0774 e. The Bertz CT molecular complexity index is 226. The van der Waals surface area contributed by atoms with Crippen LogP contribution in [0.25, 0.3) is 0 Å². The number of nitrogens with two attached hydrogens (primary N) is 1. The fourth-order valence-corrected chi connectivity index (χ4v) is 3.25. The largest absolute Gasteiger partial charge is 0.389 e. The van der Waals surface area contributed by atoms with E-state index in [1.165, 1.54) is 19.3 Å². The summed E-state index contributed by atoms with van der Waals surface area (Å²) in [6.07, 6.45) is 6.61. The lowest BCUT2D eigenvalue weighted by molar-refractivity contribution is 0.00666. The number of nitrogens with zero attached hydrogens (tertiary/aromatic N) is 1. The van der Waals surface area contributed by atoms with Gasteiger partial charge in [0.25, 0.3) is 0 Å². The molecule has 0 aromatic carbocycles. The van der Waals surface area contributed by atoms with Crippen LogP contribution < -0.4 is 5.73 Å². The monoisotopic (exact) mass is 242 g/mol. The van der Waals surface area contributed by atoms with Gasteiger partial charge in [-0.3, -0.25) is 0 Å². The van der Waals surface area contributed by atoms with Gasteiger partial charge >= 0.3 is 0 Å². The number of hydrogen-bond acceptors (Lipinski definition) is 3. The lowest BCUT2D eigenvalue weighted by Crippen LogP contribution is -2.45. The van der Waals surface area contributed by atoms with Crippen molar-refractivity contribution in [1.82, 2.24) is 4.90 Å². The third-order valence-electron chi connectivity index (χ3n) is 4.10. The summed E-state index contributed by atoms with van der Waals surface area (Å²) in [6, 6.07) is 0. The van der Waals surface area contributed by atoms with E-state index in [4.69, 9.17) is 5.73 Å². The summed E-state index contributed by atoms with van der Waals surface area (Å²) in [7, 11) is 2.11. The Hall–Kier alpha value is -0.120. The molecule has 1 aliphatic carbocycles. The minimum Gasteiger partial charge on any atom is -0.389 e. The summed E-state index contributed by atoms with van der Waals surface area (Å²) in [4.78, 5) is 2.27. The molecule has 3 N–H and O–H groups in total. The molecule has 1 aliphatic rings. The Morgan fingerprint density at radius 2 is 1.94 bits per heavy atom. The van der Waals surface area contributed by atoms with Gasteiger partial charge in [-0.25, -0.2) is 0 Å². The molecule has 1 rings (SSSR count). The molecule has 102 valence electrons. The van der Waals surface area contributed by atoms with Gasteiger partial charge in [0.1, 0.15) is 0 Å². The van der Waals surface area contributed by atoms with E-state index in [0.717, 1.165) is 38.9 Å². The Kier molecular flexibility index (Phi) is 5.42. The zero-order valence-electron chi connectivity index (χ0n) is 11.8. The third kappa shape index (κ3) is 4.57. The van der Waals surface area contributed by atoms with Crippen LogP contribution in [0.15, 0.2) is 0 Å². The van der Waals surface area contributed by atoms with Crippen molar-refractivity contribution in [2.45, 2.75) is 58.0 Å². The third-order valence-corrected chi connectivity index (χ3v) is 4.10. The van der Waals surface area contributed by atoms with Crippen LogP contribution in [0.2, 0.25) is 0 Å². The lowest BCUT2D eigenvalue weighted by atomic mass is 9.85. The Morgan fingerprint density at radius 3 is 2.41 bits per heavy atom. The van der Waals surface area contributed by atoms with Crippen LogP contribution in [0.3, 0.4) is 0 Å². The molecule has 1 saturated carbocycles. The van der Waals surface area contributed by atoms with E-state index in [9.17, 15) is 5.11 Å². The maximum Gasteiger partial charge on any atom is 0.0774 e. The molecule has 0 heterocycles. The van der Waals surface area contributed by atoms with Crippen LogP contribution in [0, 0.1) is 5.41 Å². The van der Waals surface area contributed by atoms with Crippen LogP contribution in [0.1, 0.15) is 52.4 Å². The molecule has 17 heavy (non-hydrogen) atoms. The van der Waals surface area contributed by atoms with E-state index in [1.807, 2.05) is 0 Å². The van der Waals surface area contributed by atoms with Crippen molar-refractivity contribution in [1.29, 1.82) is 0 Å². The van der Waals surface area contributed by atoms with E-state index in [2.05, 4.69) is 25.8 Å². The highest BCUT2D eigenvalue weighted by Crippen LogP contribution is 2.31. The number of aliphatic hydroxyl groups is 1. The van der Waals surface area contributed by atoms with E-state index in [1.54, 1.807) is 0 Å². The quantitative estimate of drug-likeness (QED) is 0.718. The molecular formula is C14H30N2O. The minimum absolute atomic E-state index is 0.193. The minimum atomic E-state index is -0.434. The molecule has 0 aliphatic heterocycles. The summed E-state index contributed by atoms with van der Waals surface area (Å²) in [6.45, 7) is 6.97. The fraction of sp³-hybridized carbons (Fsp3) is 1.00. The van der Waals surface area contributed by atoms with Gasteiger partial charge in [-0.15, -0.1) is 0 Å². The number of rotatable bonds is 7. The topological polar surface area (TPSA) is 49.5 Å². The van der Waals surface area contributed by atoms with Gasteiger partial charge in [0.05, 0.1) is 5.60 Å². The molecule has 3 nitrogen and oxygen atoms in total. The van der Waals surface area contributed by atoms with Gasteiger partial charge in [-0.1, -0.05) is 33.1 Å². The van der Waals surface area contributed by atoms with Crippen LogP contribution in [-0.2, 0) is 0 Å². The molecule has 0 aromatic rings. The van der Waals surface area contributed by atoms with Crippen molar-refractivity contribution >= 4 is 0 Å². The number of hydrogen-bond donors (Lipinski definition) is 2. The van der Waals surface area contributed by atoms with Crippen molar-refractivity contribution in [2.75, 3.05) is 26.7 Å². The summed E-state index contributed by atoms with van der Waals surface area (Å²) in [5.74, 6) is 0. The molecule has 0 saturated heterocycles. The van der Waals surface area contributed by atoms with Crippen molar-refractivity contribution in [2.24, 2.45) is 11.1 Å². The first-order chi connectivity index (χ1) is 7.93. The predicted molar refractivity (Wildman–Crippen MR) is 73.0 cm³/mol. The van der Waals surface area contributed by atoms with Crippen molar-refractivity contribution in [3.63, 3.8) is 0 Å². The first-order valence-corrected chi connectivity index (χ1v) is 7.04. The molecule has 0 amide bonds. The normalized spacial score (nSPS) is 22.9. The standard InChI is InChI=1S/C14H30N2O/c1-4-7-13(2,10-15)11-16(3)12-14(17)8-5-6-9-14/h17H,4-12,15H2,1-3H3. The van der Waals surface area contributed by atoms with Gasteiger partial charge in [-0.05, 0) is 38.3 Å². The van der Waals surface area contributed by atoms with Gasteiger partial charge < -0.3 is 15.7 Å². The van der Waals surface area contributed by atoms with Crippen LogP contribution in [0.5, 0.6) is 0 Å². The second-order valence-electron chi connectivity index (χ2n) is 6.37. The van der Waals surface area contributed by atoms with Gasteiger partial charge in [-0.2, -0.15) is 0 Å². The second kappa shape index (κ2) is 6.17. The van der Waals surface area contributed by atoms with Crippen molar-refractivity contribution in [3.05, 3.63) is 0 Å². The summed E-state index contributed by atoms with van der Waals surface area (Å²) in [5, 5.41) is 10.4. The van der Waals surface area contributed by atoms with Crippen LogP contribution in [-0.4, -0.2) is 42.3 Å². The molecule has 0 aromatic heterocycles. The van der Waals surface area contributed by atoms with E-state index in [-0.39, 0.29) is 5.41 Å². The fourth-order valence-electron chi connectivity index (χ4n) is 3.25. The predicted octanol–water partition coefficient (Wildman–Crippen LogP) is 1.99. The highest BCUT2D eigenvalue weighted by Gasteiger charge is 2.33.